The SMILES string of the molecule is CC(N=C=S)c1ccccc1N=C=S. The lowest BCUT2D eigenvalue weighted by molar-refractivity contribution is 0.829. The highest BCUT2D eigenvalue weighted by atomic mass is 32.1. The van der Waals surface area contributed by atoms with Crippen LogP contribution in [0, 0.1) is 0 Å². The predicted octanol–water partition coefficient (Wildman–Crippen LogP) is 3.58. The standard InChI is InChI=1S/C10H8N2S2/c1-8(11-6-13)9-4-2-3-5-10(9)12-7-14/h2-5,8H,1H3. The topological polar surface area (TPSA) is 24.7 Å². The first-order chi connectivity index (χ1) is 6.79. The third-order valence-corrected chi connectivity index (χ3v) is 2.00. The van der Waals surface area contributed by atoms with Crippen LogP contribution in [-0.4, -0.2) is 10.3 Å². The van der Waals surface area contributed by atoms with Gasteiger partial charge in [-0.25, -0.2) is 4.99 Å². The average Bonchev–Trinajstić information content (AvgIpc) is 2.19. The van der Waals surface area contributed by atoms with Gasteiger partial charge in [-0.2, -0.15) is 4.99 Å². The summed E-state index contributed by atoms with van der Waals surface area (Å²) in [5.74, 6) is 0. The fraction of sp³-hybridized carbons (Fsp3) is 0.200. The molecule has 0 aliphatic heterocycles. The molecule has 0 radical (unpaired) electrons. The molecule has 0 bridgehead atoms. The molecule has 0 saturated carbocycles. The Morgan fingerprint density at radius 1 is 1.21 bits per heavy atom. The summed E-state index contributed by atoms with van der Waals surface area (Å²) in [6.45, 7) is 1.93. The van der Waals surface area contributed by atoms with Crippen LogP contribution in [0.1, 0.15) is 18.5 Å². The zero-order valence-electron chi connectivity index (χ0n) is 7.60. The maximum atomic E-state index is 4.56. The number of thiocarbonyl (C=S) groups is 2. The molecule has 0 heterocycles. The molecule has 14 heavy (non-hydrogen) atoms. The molecular weight excluding hydrogens is 212 g/mol. The van der Waals surface area contributed by atoms with Crippen LogP contribution in [0.15, 0.2) is 34.3 Å². The average molecular weight is 220 g/mol. The van der Waals surface area contributed by atoms with Gasteiger partial charge in [-0.15, -0.1) is 0 Å². The van der Waals surface area contributed by atoms with Crippen LogP contribution in [0.5, 0.6) is 0 Å². The number of aliphatic imine (C=N–C) groups is 2. The Morgan fingerprint density at radius 3 is 2.57 bits per heavy atom. The van der Waals surface area contributed by atoms with Crippen LogP contribution in [0.2, 0.25) is 0 Å². The van der Waals surface area contributed by atoms with E-state index in [2.05, 4.69) is 44.7 Å². The van der Waals surface area contributed by atoms with Crippen molar-refractivity contribution < 1.29 is 0 Å². The molecule has 0 aliphatic rings. The fourth-order valence-electron chi connectivity index (χ4n) is 1.14. The molecule has 1 aromatic rings. The van der Waals surface area contributed by atoms with Crippen LogP contribution < -0.4 is 0 Å². The number of benzene rings is 1. The number of nitrogens with zero attached hydrogens (tertiary/aromatic N) is 2. The smallest absolute Gasteiger partial charge is 0.0845 e. The zero-order valence-corrected chi connectivity index (χ0v) is 9.23. The van der Waals surface area contributed by atoms with E-state index in [9.17, 15) is 0 Å². The Kier molecular flexibility index (Phi) is 4.30. The van der Waals surface area contributed by atoms with E-state index in [0.717, 1.165) is 11.3 Å². The predicted molar refractivity (Wildman–Crippen MR) is 64.6 cm³/mol. The monoisotopic (exact) mass is 220 g/mol. The molecule has 0 spiro atoms. The minimum atomic E-state index is -0.0456. The number of hydrogen-bond acceptors (Lipinski definition) is 4. The molecule has 0 amide bonds. The molecule has 1 atom stereocenters. The summed E-state index contributed by atoms with van der Waals surface area (Å²) in [4.78, 5) is 7.93. The van der Waals surface area contributed by atoms with Crippen LogP contribution in [0.25, 0.3) is 0 Å². The van der Waals surface area contributed by atoms with Crippen molar-refractivity contribution in [2.45, 2.75) is 13.0 Å². The molecule has 1 aromatic carbocycles. The molecule has 0 saturated heterocycles. The maximum absolute atomic E-state index is 4.56. The van der Waals surface area contributed by atoms with E-state index < -0.39 is 0 Å². The molecule has 0 fully saturated rings. The summed E-state index contributed by atoms with van der Waals surface area (Å²) < 4.78 is 0. The molecule has 1 unspecified atom stereocenters. The summed E-state index contributed by atoms with van der Waals surface area (Å²) in [6, 6.07) is 7.57. The number of rotatable bonds is 3. The maximum Gasteiger partial charge on any atom is 0.0845 e. The first kappa shape index (κ1) is 10.9. The van der Waals surface area contributed by atoms with Crippen LogP contribution in [0.4, 0.5) is 5.69 Å². The first-order valence-corrected chi connectivity index (χ1v) is 4.85. The highest BCUT2D eigenvalue weighted by Gasteiger charge is 2.06. The Labute approximate surface area is 93.4 Å². The van der Waals surface area contributed by atoms with Gasteiger partial charge in [0.1, 0.15) is 0 Å². The summed E-state index contributed by atoms with van der Waals surface area (Å²) in [5, 5.41) is 4.70. The Bertz CT molecular complexity index is 416. The van der Waals surface area contributed by atoms with Crippen molar-refractivity contribution in [2.75, 3.05) is 0 Å². The fourth-order valence-corrected chi connectivity index (χ4v) is 1.40. The molecule has 0 N–H and O–H groups in total. The molecular formula is C10H8N2S2. The van der Waals surface area contributed by atoms with E-state index in [1.54, 1.807) is 0 Å². The van der Waals surface area contributed by atoms with Gasteiger partial charge in [0, 0.05) is 5.56 Å². The largest absolute Gasteiger partial charge is 0.225 e. The van der Waals surface area contributed by atoms with Crippen LogP contribution in [0.3, 0.4) is 0 Å². The third kappa shape index (κ3) is 2.66. The van der Waals surface area contributed by atoms with Gasteiger partial charge < -0.3 is 0 Å². The summed E-state index contributed by atoms with van der Waals surface area (Å²) in [7, 11) is 0. The molecule has 4 heteroatoms. The number of hydrogen-bond donors (Lipinski definition) is 0. The van der Waals surface area contributed by atoms with Crippen LogP contribution in [-0.2, 0) is 0 Å². The molecule has 2 nitrogen and oxygen atoms in total. The first-order valence-electron chi connectivity index (χ1n) is 4.03. The van der Waals surface area contributed by atoms with Gasteiger partial charge in [0.15, 0.2) is 0 Å². The second-order valence-corrected chi connectivity index (χ2v) is 3.02. The second-order valence-electron chi connectivity index (χ2n) is 2.66. The lowest BCUT2D eigenvalue weighted by Gasteiger charge is -2.06. The van der Waals surface area contributed by atoms with E-state index in [1.807, 2.05) is 31.2 Å². The van der Waals surface area contributed by atoms with Gasteiger partial charge in [0.2, 0.25) is 0 Å². The van der Waals surface area contributed by atoms with Gasteiger partial charge in [-0.3, -0.25) is 0 Å². The third-order valence-electron chi connectivity index (χ3n) is 1.80. The van der Waals surface area contributed by atoms with Crippen molar-refractivity contribution in [3.8, 4) is 0 Å². The van der Waals surface area contributed by atoms with Gasteiger partial charge in [0.25, 0.3) is 0 Å². The van der Waals surface area contributed by atoms with Crippen molar-refractivity contribution >= 4 is 40.4 Å². The molecule has 0 aromatic heterocycles. The van der Waals surface area contributed by atoms with E-state index in [0.29, 0.717) is 0 Å². The Morgan fingerprint density at radius 2 is 1.93 bits per heavy atom. The zero-order chi connectivity index (χ0) is 10.4. The van der Waals surface area contributed by atoms with E-state index in [1.165, 1.54) is 0 Å². The van der Waals surface area contributed by atoms with Crippen molar-refractivity contribution in [1.82, 2.24) is 0 Å². The van der Waals surface area contributed by atoms with Crippen molar-refractivity contribution in [1.29, 1.82) is 0 Å². The van der Waals surface area contributed by atoms with Gasteiger partial charge >= 0.3 is 0 Å². The minimum Gasteiger partial charge on any atom is -0.225 e. The van der Waals surface area contributed by atoms with Crippen LogP contribution >= 0.6 is 24.4 Å². The Balaban J connectivity index is 3.18. The molecule has 0 aliphatic carbocycles. The Hall–Kier alpha value is -1.18. The van der Waals surface area contributed by atoms with Crippen molar-refractivity contribution in [3.05, 3.63) is 29.8 Å². The normalized spacial score (nSPS) is 10.9. The van der Waals surface area contributed by atoms with Crippen molar-refractivity contribution in [2.24, 2.45) is 9.98 Å². The highest BCUT2D eigenvalue weighted by Crippen LogP contribution is 2.26. The lowest BCUT2D eigenvalue weighted by atomic mass is 10.1. The molecule has 1 rings (SSSR count). The van der Waals surface area contributed by atoms with E-state index in [4.69, 9.17) is 0 Å². The molecule has 70 valence electrons. The lowest BCUT2D eigenvalue weighted by Crippen LogP contribution is -1.88. The van der Waals surface area contributed by atoms with Crippen molar-refractivity contribution in [3.63, 3.8) is 0 Å². The summed E-state index contributed by atoms with van der Waals surface area (Å²) in [6.07, 6.45) is 0. The quantitative estimate of drug-likeness (QED) is 0.574. The van der Waals surface area contributed by atoms with Gasteiger partial charge in [-0.1, -0.05) is 18.2 Å². The summed E-state index contributed by atoms with van der Waals surface area (Å²) in [5.41, 5.74) is 1.76. The van der Waals surface area contributed by atoms with E-state index >= 15 is 0 Å². The number of para-hydroxylation sites is 1. The second kappa shape index (κ2) is 5.53. The number of isothiocyanates is 2. The van der Waals surface area contributed by atoms with Gasteiger partial charge in [0.05, 0.1) is 22.1 Å². The summed E-state index contributed by atoms with van der Waals surface area (Å²) >= 11 is 9.11. The van der Waals surface area contributed by atoms with E-state index in [-0.39, 0.29) is 6.04 Å². The van der Waals surface area contributed by atoms with Gasteiger partial charge in [-0.05, 0) is 37.4 Å². The minimum absolute atomic E-state index is 0.0456. The highest BCUT2D eigenvalue weighted by molar-refractivity contribution is 7.78.